The standard InChI is InChI=1S/C12H10ClNO4/c1-5-3-7(13)10(6(2)11(5)15)8-4-9(12(16)17)18-14-8/h3-4,15H,1-2H3,(H,16,17). The minimum Gasteiger partial charge on any atom is -0.507 e. The lowest BCUT2D eigenvalue weighted by Crippen LogP contribution is -1.92. The monoisotopic (exact) mass is 267 g/mol. The lowest BCUT2D eigenvalue weighted by molar-refractivity contribution is 0.0652. The third-order valence-electron chi connectivity index (χ3n) is 2.66. The van der Waals surface area contributed by atoms with E-state index in [4.69, 9.17) is 16.7 Å². The molecule has 0 fully saturated rings. The van der Waals surface area contributed by atoms with Gasteiger partial charge in [-0.2, -0.15) is 0 Å². The Bertz CT molecular complexity index is 633. The Balaban J connectivity index is 2.63. The molecule has 0 saturated heterocycles. The second kappa shape index (κ2) is 4.34. The van der Waals surface area contributed by atoms with Crippen molar-refractivity contribution in [3.05, 3.63) is 34.0 Å². The Hall–Kier alpha value is -2.01. The zero-order valence-electron chi connectivity index (χ0n) is 9.69. The van der Waals surface area contributed by atoms with Crippen LogP contribution in [0.5, 0.6) is 5.75 Å². The first kappa shape index (κ1) is 12.4. The second-order valence-electron chi connectivity index (χ2n) is 3.91. The summed E-state index contributed by atoms with van der Waals surface area (Å²) in [4.78, 5) is 10.7. The third kappa shape index (κ3) is 1.93. The Kier molecular flexibility index (Phi) is 3.00. The van der Waals surface area contributed by atoms with Crippen LogP contribution in [0.15, 0.2) is 16.7 Å². The van der Waals surface area contributed by atoms with Gasteiger partial charge in [-0.3, -0.25) is 0 Å². The average molecular weight is 268 g/mol. The first-order valence-corrected chi connectivity index (χ1v) is 5.48. The molecular weight excluding hydrogens is 258 g/mol. The van der Waals surface area contributed by atoms with Gasteiger partial charge in [-0.25, -0.2) is 4.79 Å². The van der Waals surface area contributed by atoms with Crippen molar-refractivity contribution in [2.75, 3.05) is 0 Å². The molecule has 0 aliphatic heterocycles. The van der Waals surface area contributed by atoms with Crippen LogP contribution in [0, 0.1) is 13.8 Å². The van der Waals surface area contributed by atoms with Gasteiger partial charge < -0.3 is 14.7 Å². The summed E-state index contributed by atoms with van der Waals surface area (Å²) >= 11 is 6.09. The maximum absolute atomic E-state index is 10.7. The highest BCUT2D eigenvalue weighted by atomic mass is 35.5. The van der Waals surface area contributed by atoms with Crippen LogP contribution in [0.25, 0.3) is 11.3 Å². The summed E-state index contributed by atoms with van der Waals surface area (Å²) in [5, 5.41) is 22.7. The highest BCUT2D eigenvalue weighted by Gasteiger charge is 2.18. The molecule has 2 rings (SSSR count). The minimum atomic E-state index is -1.21. The van der Waals surface area contributed by atoms with Gasteiger partial charge >= 0.3 is 5.97 Å². The molecule has 0 aliphatic carbocycles. The molecular formula is C12H10ClNO4. The molecule has 6 heteroatoms. The van der Waals surface area contributed by atoms with Gasteiger partial charge in [-0.1, -0.05) is 16.8 Å². The highest BCUT2D eigenvalue weighted by molar-refractivity contribution is 6.33. The Morgan fingerprint density at radius 2 is 2.06 bits per heavy atom. The van der Waals surface area contributed by atoms with Crippen molar-refractivity contribution < 1.29 is 19.5 Å². The van der Waals surface area contributed by atoms with Crippen molar-refractivity contribution in [3.63, 3.8) is 0 Å². The lowest BCUT2D eigenvalue weighted by atomic mass is 10.0. The molecule has 0 atom stereocenters. The molecule has 0 amide bonds. The van der Waals surface area contributed by atoms with Gasteiger partial charge in [-0.15, -0.1) is 0 Å². The maximum Gasteiger partial charge on any atom is 0.374 e. The van der Waals surface area contributed by atoms with Crippen LogP contribution in [0.2, 0.25) is 5.02 Å². The number of aromatic nitrogens is 1. The number of halogens is 1. The molecule has 0 unspecified atom stereocenters. The Labute approximate surface area is 108 Å². The van der Waals surface area contributed by atoms with Gasteiger partial charge in [0.25, 0.3) is 0 Å². The van der Waals surface area contributed by atoms with Crippen LogP contribution in [0.3, 0.4) is 0 Å². The minimum absolute atomic E-state index is 0.106. The summed E-state index contributed by atoms with van der Waals surface area (Å²) in [5.74, 6) is -1.38. The summed E-state index contributed by atoms with van der Waals surface area (Å²) in [6, 6.07) is 2.86. The van der Waals surface area contributed by atoms with E-state index in [0.717, 1.165) is 0 Å². The van der Waals surface area contributed by atoms with E-state index in [1.165, 1.54) is 6.07 Å². The maximum atomic E-state index is 10.7. The lowest BCUT2D eigenvalue weighted by Gasteiger charge is -2.09. The van der Waals surface area contributed by atoms with E-state index in [-0.39, 0.29) is 17.2 Å². The first-order valence-electron chi connectivity index (χ1n) is 5.11. The number of carbonyl (C=O) groups is 1. The number of nitrogens with zero attached hydrogens (tertiary/aromatic N) is 1. The summed E-state index contributed by atoms with van der Waals surface area (Å²) in [7, 11) is 0. The largest absolute Gasteiger partial charge is 0.507 e. The summed E-state index contributed by atoms with van der Waals surface area (Å²) < 4.78 is 4.67. The number of aryl methyl sites for hydroxylation is 1. The second-order valence-corrected chi connectivity index (χ2v) is 4.31. The topological polar surface area (TPSA) is 83.6 Å². The molecule has 5 nitrogen and oxygen atoms in total. The van der Waals surface area contributed by atoms with E-state index in [1.54, 1.807) is 19.9 Å². The van der Waals surface area contributed by atoms with Gasteiger partial charge in [0.05, 0.1) is 5.02 Å². The number of aromatic carboxylic acids is 1. The number of phenolic OH excluding ortho intramolecular Hbond substituents is 1. The van der Waals surface area contributed by atoms with Crippen molar-refractivity contribution in [1.29, 1.82) is 0 Å². The van der Waals surface area contributed by atoms with Gasteiger partial charge in [-0.05, 0) is 25.5 Å². The highest BCUT2D eigenvalue weighted by Crippen LogP contribution is 2.37. The molecule has 18 heavy (non-hydrogen) atoms. The molecule has 2 aromatic rings. The van der Waals surface area contributed by atoms with Crippen LogP contribution >= 0.6 is 11.6 Å². The van der Waals surface area contributed by atoms with Crippen molar-refractivity contribution in [3.8, 4) is 17.0 Å². The van der Waals surface area contributed by atoms with E-state index < -0.39 is 5.97 Å². The Morgan fingerprint density at radius 3 is 2.61 bits per heavy atom. The predicted molar refractivity (Wildman–Crippen MR) is 65.0 cm³/mol. The van der Waals surface area contributed by atoms with Crippen molar-refractivity contribution in [2.24, 2.45) is 0 Å². The SMILES string of the molecule is Cc1cc(Cl)c(-c2cc(C(=O)O)on2)c(C)c1O. The average Bonchev–Trinajstić information content (AvgIpc) is 2.75. The van der Waals surface area contributed by atoms with Gasteiger partial charge in [0, 0.05) is 17.2 Å². The smallest absolute Gasteiger partial charge is 0.374 e. The zero-order chi connectivity index (χ0) is 13.4. The van der Waals surface area contributed by atoms with Crippen LogP contribution in [0.1, 0.15) is 21.7 Å². The van der Waals surface area contributed by atoms with E-state index in [0.29, 0.717) is 21.7 Å². The summed E-state index contributed by atoms with van der Waals surface area (Å²) in [6.07, 6.45) is 0. The molecule has 1 aromatic carbocycles. The molecule has 94 valence electrons. The molecule has 0 saturated carbocycles. The van der Waals surface area contributed by atoms with Gasteiger partial charge in [0.1, 0.15) is 11.4 Å². The van der Waals surface area contributed by atoms with Crippen LogP contribution in [-0.2, 0) is 0 Å². The fourth-order valence-corrected chi connectivity index (χ4v) is 2.13. The van der Waals surface area contributed by atoms with Crippen LogP contribution in [0.4, 0.5) is 0 Å². The molecule has 1 aromatic heterocycles. The number of carboxylic acids is 1. The fraction of sp³-hybridized carbons (Fsp3) is 0.167. The van der Waals surface area contributed by atoms with Gasteiger partial charge in [0.15, 0.2) is 0 Å². The van der Waals surface area contributed by atoms with E-state index >= 15 is 0 Å². The molecule has 0 spiro atoms. The number of aromatic hydroxyl groups is 1. The third-order valence-corrected chi connectivity index (χ3v) is 2.96. The molecule has 1 heterocycles. The van der Waals surface area contributed by atoms with Crippen LogP contribution < -0.4 is 0 Å². The molecule has 2 N–H and O–H groups in total. The molecule has 0 bridgehead atoms. The number of benzene rings is 1. The van der Waals surface area contributed by atoms with E-state index in [9.17, 15) is 9.90 Å². The van der Waals surface area contributed by atoms with Gasteiger partial charge in [0.2, 0.25) is 5.76 Å². The molecule has 0 radical (unpaired) electrons. The molecule has 0 aliphatic rings. The predicted octanol–water partition coefficient (Wildman–Crippen LogP) is 3.02. The first-order chi connectivity index (χ1) is 8.41. The van der Waals surface area contributed by atoms with E-state index in [1.807, 2.05) is 0 Å². The summed E-state index contributed by atoms with van der Waals surface area (Å²) in [5.41, 5.74) is 1.93. The number of phenols is 1. The quantitative estimate of drug-likeness (QED) is 0.874. The number of hydrogen-bond acceptors (Lipinski definition) is 4. The summed E-state index contributed by atoms with van der Waals surface area (Å²) in [6.45, 7) is 3.40. The van der Waals surface area contributed by atoms with Crippen molar-refractivity contribution >= 4 is 17.6 Å². The van der Waals surface area contributed by atoms with E-state index in [2.05, 4.69) is 9.68 Å². The zero-order valence-corrected chi connectivity index (χ0v) is 10.4. The van der Waals surface area contributed by atoms with Crippen molar-refractivity contribution in [2.45, 2.75) is 13.8 Å². The number of carboxylic acid groups (broad SMARTS) is 1. The number of rotatable bonds is 2. The number of hydrogen-bond donors (Lipinski definition) is 2. The van der Waals surface area contributed by atoms with Crippen LogP contribution in [-0.4, -0.2) is 21.3 Å². The normalized spacial score (nSPS) is 10.6. The fourth-order valence-electron chi connectivity index (χ4n) is 1.73. The van der Waals surface area contributed by atoms with Crippen molar-refractivity contribution in [1.82, 2.24) is 5.16 Å². The Morgan fingerprint density at radius 1 is 1.39 bits per heavy atom.